The number of benzene rings is 2. The third-order valence-corrected chi connectivity index (χ3v) is 3.03. The van der Waals surface area contributed by atoms with Crippen LogP contribution < -0.4 is 4.74 Å². The van der Waals surface area contributed by atoms with Crippen molar-refractivity contribution in [3.05, 3.63) is 66.0 Å². The molecule has 2 aromatic carbocycles. The minimum atomic E-state index is -0.238. The summed E-state index contributed by atoms with van der Waals surface area (Å²) in [5, 5.41) is 0. The minimum Gasteiger partial charge on any atom is -0.493 e. The molecule has 0 bridgehead atoms. The van der Waals surface area contributed by atoms with Gasteiger partial charge in [-0.3, -0.25) is 0 Å². The standard InChI is InChI=1S/C16H17FO/c1-2-13(14-6-4-3-5-7-14)12-18-16-10-8-15(17)9-11-16/h3-11,13H,2,12H2,1H3. The van der Waals surface area contributed by atoms with Crippen LogP contribution in [0.1, 0.15) is 24.8 Å². The summed E-state index contributed by atoms with van der Waals surface area (Å²) in [6.45, 7) is 2.76. The summed E-state index contributed by atoms with van der Waals surface area (Å²) in [5.41, 5.74) is 1.28. The van der Waals surface area contributed by atoms with E-state index >= 15 is 0 Å². The van der Waals surface area contributed by atoms with E-state index < -0.39 is 0 Å². The Bertz CT molecular complexity index is 464. The summed E-state index contributed by atoms with van der Waals surface area (Å²) in [6.07, 6.45) is 1.02. The maximum absolute atomic E-state index is 12.8. The Kier molecular flexibility index (Phi) is 4.35. The molecule has 1 nitrogen and oxygen atoms in total. The van der Waals surface area contributed by atoms with Gasteiger partial charge in [0.25, 0.3) is 0 Å². The van der Waals surface area contributed by atoms with Crippen molar-refractivity contribution in [1.82, 2.24) is 0 Å². The molecule has 18 heavy (non-hydrogen) atoms. The molecule has 0 saturated heterocycles. The molecule has 0 N–H and O–H groups in total. The van der Waals surface area contributed by atoms with E-state index in [0.29, 0.717) is 18.3 Å². The fraction of sp³-hybridized carbons (Fsp3) is 0.250. The van der Waals surface area contributed by atoms with E-state index in [1.165, 1.54) is 17.7 Å². The third kappa shape index (κ3) is 3.33. The predicted octanol–water partition coefficient (Wildman–Crippen LogP) is 4.40. The molecule has 1 unspecified atom stereocenters. The van der Waals surface area contributed by atoms with Crippen molar-refractivity contribution < 1.29 is 9.13 Å². The molecular weight excluding hydrogens is 227 g/mol. The van der Waals surface area contributed by atoms with Crippen molar-refractivity contribution in [2.45, 2.75) is 19.3 Å². The van der Waals surface area contributed by atoms with Crippen molar-refractivity contribution in [1.29, 1.82) is 0 Å². The molecule has 0 fully saturated rings. The van der Waals surface area contributed by atoms with Crippen LogP contribution in [-0.4, -0.2) is 6.61 Å². The molecule has 2 heteroatoms. The highest BCUT2D eigenvalue weighted by Gasteiger charge is 2.09. The number of hydrogen-bond acceptors (Lipinski definition) is 1. The number of hydrogen-bond donors (Lipinski definition) is 0. The Morgan fingerprint density at radius 2 is 1.67 bits per heavy atom. The van der Waals surface area contributed by atoms with Crippen LogP contribution in [0, 0.1) is 5.82 Å². The third-order valence-electron chi connectivity index (χ3n) is 3.03. The summed E-state index contributed by atoms with van der Waals surface area (Å²) in [5.74, 6) is 0.847. The zero-order valence-electron chi connectivity index (χ0n) is 10.5. The van der Waals surface area contributed by atoms with Gasteiger partial charge in [-0.2, -0.15) is 0 Å². The topological polar surface area (TPSA) is 9.23 Å². The zero-order chi connectivity index (χ0) is 12.8. The SMILES string of the molecule is CCC(COc1ccc(F)cc1)c1ccccc1. The normalized spacial score (nSPS) is 12.1. The van der Waals surface area contributed by atoms with Gasteiger partial charge in [0.05, 0.1) is 6.61 Å². The van der Waals surface area contributed by atoms with E-state index in [1.54, 1.807) is 12.1 Å². The first-order valence-electron chi connectivity index (χ1n) is 6.23. The van der Waals surface area contributed by atoms with Crippen LogP contribution in [0.5, 0.6) is 5.75 Å². The molecule has 0 amide bonds. The highest BCUT2D eigenvalue weighted by Crippen LogP contribution is 2.21. The molecule has 0 heterocycles. The van der Waals surface area contributed by atoms with Gasteiger partial charge < -0.3 is 4.74 Å². The van der Waals surface area contributed by atoms with Gasteiger partial charge in [-0.1, -0.05) is 37.3 Å². The van der Waals surface area contributed by atoms with Crippen molar-refractivity contribution in [3.8, 4) is 5.75 Å². The molecule has 0 aliphatic carbocycles. The van der Waals surface area contributed by atoms with Crippen LogP contribution in [0.15, 0.2) is 54.6 Å². The highest BCUT2D eigenvalue weighted by molar-refractivity contribution is 5.23. The van der Waals surface area contributed by atoms with Crippen molar-refractivity contribution in [2.24, 2.45) is 0 Å². The fourth-order valence-electron chi connectivity index (χ4n) is 1.90. The molecule has 0 spiro atoms. The van der Waals surface area contributed by atoms with Gasteiger partial charge >= 0.3 is 0 Å². The first-order chi connectivity index (χ1) is 8.79. The summed E-state index contributed by atoms with van der Waals surface area (Å²) in [7, 11) is 0. The second kappa shape index (κ2) is 6.20. The van der Waals surface area contributed by atoms with Crippen LogP contribution in [0.25, 0.3) is 0 Å². The maximum atomic E-state index is 12.8. The van der Waals surface area contributed by atoms with Crippen molar-refractivity contribution in [2.75, 3.05) is 6.61 Å². The lowest BCUT2D eigenvalue weighted by Crippen LogP contribution is -2.09. The predicted molar refractivity (Wildman–Crippen MR) is 71.4 cm³/mol. The van der Waals surface area contributed by atoms with E-state index in [1.807, 2.05) is 18.2 Å². The van der Waals surface area contributed by atoms with Crippen LogP contribution in [0.2, 0.25) is 0 Å². The Morgan fingerprint density at radius 1 is 1.00 bits per heavy atom. The molecule has 1 atom stereocenters. The molecular formula is C16H17FO. The largest absolute Gasteiger partial charge is 0.493 e. The van der Waals surface area contributed by atoms with Gasteiger partial charge in [0, 0.05) is 5.92 Å². The highest BCUT2D eigenvalue weighted by atomic mass is 19.1. The summed E-state index contributed by atoms with van der Waals surface area (Å²) in [4.78, 5) is 0. The molecule has 0 saturated carbocycles. The van der Waals surface area contributed by atoms with E-state index in [2.05, 4.69) is 19.1 Å². The lowest BCUT2D eigenvalue weighted by Gasteiger charge is -2.16. The van der Waals surface area contributed by atoms with E-state index in [-0.39, 0.29) is 5.82 Å². The minimum absolute atomic E-state index is 0.238. The van der Waals surface area contributed by atoms with Crippen LogP contribution in [-0.2, 0) is 0 Å². The van der Waals surface area contributed by atoms with Gasteiger partial charge in [-0.15, -0.1) is 0 Å². The van der Waals surface area contributed by atoms with Gasteiger partial charge in [0.15, 0.2) is 0 Å². The monoisotopic (exact) mass is 244 g/mol. The van der Waals surface area contributed by atoms with Crippen molar-refractivity contribution >= 4 is 0 Å². The van der Waals surface area contributed by atoms with Crippen molar-refractivity contribution in [3.63, 3.8) is 0 Å². The Labute approximate surface area is 107 Å². The van der Waals surface area contributed by atoms with Gasteiger partial charge in [-0.25, -0.2) is 4.39 Å². The number of rotatable bonds is 5. The molecule has 2 rings (SSSR count). The molecule has 0 aliphatic rings. The first-order valence-corrected chi connectivity index (χ1v) is 6.23. The first kappa shape index (κ1) is 12.6. The molecule has 0 radical (unpaired) electrons. The molecule has 2 aromatic rings. The Hall–Kier alpha value is -1.83. The fourth-order valence-corrected chi connectivity index (χ4v) is 1.90. The second-order valence-electron chi connectivity index (χ2n) is 4.28. The Balaban J connectivity index is 1.97. The van der Waals surface area contributed by atoms with E-state index in [0.717, 1.165) is 6.42 Å². The summed E-state index contributed by atoms with van der Waals surface area (Å²) in [6, 6.07) is 16.5. The van der Waals surface area contributed by atoms with Crippen LogP contribution in [0.3, 0.4) is 0 Å². The average Bonchev–Trinajstić information content (AvgIpc) is 2.43. The van der Waals surface area contributed by atoms with Crippen LogP contribution in [0.4, 0.5) is 4.39 Å². The zero-order valence-corrected chi connectivity index (χ0v) is 10.5. The smallest absolute Gasteiger partial charge is 0.123 e. The van der Waals surface area contributed by atoms with Gasteiger partial charge in [-0.05, 0) is 36.2 Å². The number of ether oxygens (including phenoxy) is 1. The maximum Gasteiger partial charge on any atom is 0.123 e. The van der Waals surface area contributed by atoms with Gasteiger partial charge in [0.2, 0.25) is 0 Å². The van der Waals surface area contributed by atoms with E-state index in [9.17, 15) is 4.39 Å². The van der Waals surface area contributed by atoms with Crippen LogP contribution >= 0.6 is 0 Å². The average molecular weight is 244 g/mol. The second-order valence-corrected chi connectivity index (χ2v) is 4.28. The lowest BCUT2D eigenvalue weighted by atomic mass is 9.98. The molecule has 0 aliphatic heterocycles. The quantitative estimate of drug-likeness (QED) is 0.757. The molecule has 94 valence electrons. The number of halogens is 1. The Morgan fingerprint density at radius 3 is 2.28 bits per heavy atom. The summed E-state index contributed by atoms with van der Waals surface area (Å²) >= 11 is 0. The lowest BCUT2D eigenvalue weighted by molar-refractivity contribution is 0.284. The molecule has 0 aromatic heterocycles. The summed E-state index contributed by atoms with van der Waals surface area (Å²) < 4.78 is 18.5. The van der Waals surface area contributed by atoms with E-state index in [4.69, 9.17) is 4.74 Å². The van der Waals surface area contributed by atoms with Gasteiger partial charge in [0.1, 0.15) is 11.6 Å².